The molecule has 0 saturated carbocycles. The lowest BCUT2D eigenvalue weighted by molar-refractivity contribution is -0.441. The molecule has 0 atom stereocenters. The van der Waals surface area contributed by atoms with Gasteiger partial charge in [-0.1, -0.05) is 43.1 Å². The predicted octanol–water partition coefficient (Wildman–Crippen LogP) is 4.55. The van der Waals surface area contributed by atoms with E-state index in [9.17, 15) is 5.21 Å². The van der Waals surface area contributed by atoms with Gasteiger partial charge in [-0.3, -0.25) is 0 Å². The summed E-state index contributed by atoms with van der Waals surface area (Å²) in [4.78, 5) is 4.55. The molecule has 2 aromatic carbocycles. The molecule has 0 amide bonds. The summed E-state index contributed by atoms with van der Waals surface area (Å²) in [5.41, 5.74) is 2.81. The Balaban J connectivity index is 2.08. The molecule has 0 aromatic heterocycles. The number of aliphatic imine (C=N–C) groups is 1. The minimum absolute atomic E-state index is 0.0836. The lowest BCUT2D eigenvalue weighted by atomic mass is 10.0. The smallest absolute Gasteiger partial charge is 0.257 e. The number of benzene rings is 2. The predicted molar refractivity (Wildman–Crippen MR) is 97.6 cm³/mol. The molecule has 0 unspecified atom stereocenters. The molecule has 124 valence electrons. The van der Waals surface area contributed by atoms with Crippen LogP contribution in [0.25, 0.3) is 0 Å². The molecule has 4 nitrogen and oxygen atoms in total. The molecule has 0 bridgehead atoms. The van der Waals surface area contributed by atoms with Crippen LogP contribution in [-0.4, -0.2) is 29.5 Å². The first kappa shape index (κ1) is 16.5. The van der Waals surface area contributed by atoms with Gasteiger partial charge in [0.25, 0.3) is 5.90 Å². The number of fused-ring (bicyclic) bond motifs is 1. The summed E-state index contributed by atoms with van der Waals surface area (Å²) in [5.74, 6) is 0.438. The van der Waals surface area contributed by atoms with E-state index in [-0.39, 0.29) is 6.54 Å². The van der Waals surface area contributed by atoms with E-state index in [2.05, 4.69) is 11.9 Å². The second-order valence-corrected chi connectivity index (χ2v) is 6.06. The first-order valence-electron chi connectivity index (χ1n) is 8.06. The summed E-state index contributed by atoms with van der Waals surface area (Å²) < 4.78 is 6.64. The lowest BCUT2D eigenvalue weighted by Crippen LogP contribution is -2.24. The Hall–Kier alpha value is -2.33. The largest absolute Gasteiger partial charge is 0.623 e. The van der Waals surface area contributed by atoms with Gasteiger partial charge in [-0.05, 0) is 36.8 Å². The van der Waals surface area contributed by atoms with Crippen molar-refractivity contribution >= 4 is 28.9 Å². The van der Waals surface area contributed by atoms with Crippen LogP contribution in [-0.2, 0) is 4.74 Å². The highest BCUT2D eigenvalue weighted by atomic mass is 35.5. The van der Waals surface area contributed by atoms with E-state index in [1.54, 1.807) is 12.1 Å². The van der Waals surface area contributed by atoms with Crippen LogP contribution in [0.1, 0.15) is 30.9 Å². The topological polar surface area (TPSA) is 47.7 Å². The fraction of sp³-hybridized carbons (Fsp3) is 0.263. The van der Waals surface area contributed by atoms with Crippen LogP contribution in [0.3, 0.4) is 0 Å². The van der Waals surface area contributed by atoms with E-state index in [1.807, 2.05) is 36.4 Å². The Labute approximate surface area is 146 Å². The second kappa shape index (κ2) is 7.49. The van der Waals surface area contributed by atoms with Crippen molar-refractivity contribution in [1.29, 1.82) is 0 Å². The van der Waals surface area contributed by atoms with Crippen molar-refractivity contribution in [3.63, 3.8) is 0 Å². The number of hydrogen-bond acceptors (Lipinski definition) is 3. The van der Waals surface area contributed by atoms with Gasteiger partial charge in [0, 0.05) is 10.6 Å². The molecule has 5 heteroatoms. The number of hydroxylamine groups is 1. The van der Waals surface area contributed by atoms with Crippen LogP contribution in [0.4, 0.5) is 5.69 Å². The summed E-state index contributed by atoms with van der Waals surface area (Å²) in [5, 5.41) is 13.4. The van der Waals surface area contributed by atoms with Crippen molar-refractivity contribution in [3.8, 4) is 0 Å². The maximum Gasteiger partial charge on any atom is 0.257 e. The fourth-order valence-electron chi connectivity index (χ4n) is 2.61. The van der Waals surface area contributed by atoms with Crippen LogP contribution in [0.15, 0.2) is 53.5 Å². The number of halogens is 1. The number of rotatable bonds is 4. The Bertz CT molecular complexity index is 785. The number of unbranched alkanes of at least 4 members (excludes halogenated alkanes) is 1. The van der Waals surface area contributed by atoms with E-state index in [4.69, 9.17) is 16.3 Å². The van der Waals surface area contributed by atoms with Crippen molar-refractivity contribution < 1.29 is 9.48 Å². The third-order valence-electron chi connectivity index (χ3n) is 3.80. The quantitative estimate of drug-likeness (QED) is 0.465. The third kappa shape index (κ3) is 3.60. The van der Waals surface area contributed by atoms with E-state index in [0.29, 0.717) is 28.9 Å². The fourth-order valence-corrected chi connectivity index (χ4v) is 2.78. The number of nitrogens with zero attached hydrogens (tertiary/aromatic N) is 2. The molecule has 1 aliphatic rings. The van der Waals surface area contributed by atoms with Gasteiger partial charge < -0.3 is 9.94 Å². The molecule has 24 heavy (non-hydrogen) atoms. The average molecular weight is 343 g/mol. The van der Waals surface area contributed by atoms with Gasteiger partial charge in [-0.25, -0.2) is 4.99 Å². The minimum Gasteiger partial charge on any atom is -0.623 e. The molecule has 0 fully saturated rings. The zero-order chi connectivity index (χ0) is 16.9. The van der Waals surface area contributed by atoms with Gasteiger partial charge >= 0.3 is 0 Å². The zero-order valence-corrected chi connectivity index (χ0v) is 14.3. The van der Waals surface area contributed by atoms with Crippen LogP contribution in [0.2, 0.25) is 5.02 Å². The summed E-state index contributed by atoms with van der Waals surface area (Å²) in [6, 6.07) is 14.9. The van der Waals surface area contributed by atoms with Crippen LogP contribution < -0.4 is 0 Å². The highest BCUT2D eigenvalue weighted by Gasteiger charge is 2.25. The molecular formula is C19H19ClN2O2. The summed E-state index contributed by atoms with van der Waals surface area (Å²) in [7, 11) is 0. The molecule has 0 N–H and O–H groups in total. The molecule has 0 radical (unpaired) electrons. The summed E-state index contributed by atoms with van der Waals surface area (Å²) in [6.45, 7) is 2.74. The molecule has 0 aliphatic carbocycles. The molecule has 1 aliphatic heterocycles. The van der Waals surface area contributed by atoms with Gasteiger partial charge in [0.05, 0.1) is 17.9 Å². The molecule has 1 heterocycles. The van der Waals surface area contributed by atoms with E-state index >= 15 is 0 Å². The van der Waals surface area contributed by atoms with E-state index in [0.717, 1.165) is 28.7 Å². The molecular weight excluding hydrogens is 324 g/mol. The number of ether oxygens (including phenoxy) is 1. The maximum atomic E-state index is 12.8. The van der Waals surface area contributed by atoms with E-state index < -0.39 is 0 Å². The molecule has 0 spiro atoms. The van der Waals surface area contributed by atoms with Crippen LogP contribution in [0.5, 0.6) is 0 Å². The molecule has 2 aromatic rings. The minimum atomic E-state index is 0.0836. The summed E-state index contributed by atoms with van der Waals surface area (Å²) >= 11 is 6.16. The highest BCUT2D eigenvalue weighted by Crippen LogP contribution is 2.28. The first-order chi connectivity index (χ1) is 11.7. The Morgan fingerprint density at radius 3 is 2.75 bits per heavy atom. The third-order valence-corrected chi connectivity index (χ3v) is 4.04. The van der Waals surface area contributed by atoms with Crippen molar-refractivity contribution in [3.05, 3.63) is 69.9 Å². The van der Waals surface area contributed by atoms with Crippen LogP contribution in [0, 0.1) is 5.21 Å². The van der Waals surface area contributed by atoms with Gasteiger partial charge in [0.15, 0.2) is 0 Å². The normalized spacial score (nSPS) is 14.0. The lowest BCUT2D eigenvalue weighted by Gasteiger charge is -2.11. The van der Waals surface area contributed by atoms with Crippen molar-refractivity contribution in [1.82, 2.24) is 0 Å². The van der Waals surface area contributed by atoms with Crippen LogP contribution >= 0.6 is 11.6 Å². The SMILES string of the molecule is CCCCOC1=Nc2ccc(Cl)cc2C(c2ccccc2)=[N+]([O-])C1. The monoisotopic (exact) mass is 342 g/mol. The van der Waals surface area contributed by atoms with Crippen molar-refractivity contribution in [2.45, 2.75) is 19.8 Å². The summed E-state index contributed by atoms with van der Waals surface area (Å²) in [6.07, 6.45) is 1.96. The number of hydrogen-bond donors (Lipinski definition) is 0. The van der Waals surface area contributed by atoms with Gasteiger partial charge in [-0.15, -0.1) is 0 Å². The Morgan fingerprint density at radius 1 is 1.21 bits per heavy atom. The second-order valence-electron chi connectivity index (χ2n) is 5.62. The Morgan fingerprint density at radius 2 is 2.00 bits per heavy atom. The molecule has 3 rings (SSSR count). The van der Waals surface area contributed by atoms with Crippen molar-refractivity contribution in [2.24, 2.45) is 4.99 Å². The maximum absolute atomic E-state index is 12.8. The van der Waals surface area contributed by atoms with Crippen molar-refractivity contribution in [2.75, 3.05) is 13.2 Å². The molecule has 0 saturated heterocycles. The van der Waals surface area contributed by atoms with Gasteiger partial charge in [-0.2, -0.15) is 4.74 Å². The van der Waals surface area contributed by atoms with Gasteiger partial charge in [0.2, 0.25) is 12.3 Å². The Kier molecular flexibility index (Phi) is 5.16. The zero-order valence-electron chi connectivity index (χ0n) is 13.5. The average Bonchev–Trinajstić information content (AvgIpc) is 2.71. The van der Waals surface area contributed by atoms with Gasteiger partial charge in [0.1, 0.15) is 0 Å². The van der Waals surface area contributed by atoms with E-state index in [1.165, 1.54) is 0 Å². The highest BCUT2D eigenvalue weighted by molar-refractivity contribution is 6.31. The first-order valence-corrected chi connectivity index (χ1v) is 8.44. The standard InChI is InChI=1S/C19H19ClN2O2/c1-2-3-11-24-18-13-22(23)19(14-7-5-4-6-8-14)16-12-15(20)9-10-17(16)21-18/h4-10,12H,2-3,11,13H2,1H3.